The van der Waals surface area contributed by atoms with Gasteiger partial charge >= 0.3 is 0 Å². The van der Waals surface area contributed by atoms with Gasteiger partial charge in [0.2, 0.25) is 5.91 Å². The lowest BCUT2D eigenvalue weighted by Gasteiger charge is -2.16. The Balaban J connectivity index is 5.23. The quantitative estimate of drug-likeness (QED) is 0.330. The first kappa shape index (κ1) is 15.7. The van der Waals surface area contributed by atoms with Crippen LogP contribution in [0.4, 0.5) is 0 Å². The van der Waals surface area contributed by atoms with Gasteiger partial charge in [-0.1, -0.05) is 23.3 Å². The number of hydrogen-bond donors (Lipinski definition) is 2. The molecule has 7 heteroatoms. The Morgan fingerprint density at radius 2 is 1.82 bits per heavy atom. The largest absolute Gasteiger partial charge is 0.368 e. The molecule has 0 aliphatic heterocycles. The SMILES string of the molecule is [B]C/C(C[C@H](N)C(N)=O)=C([B])\C([B])=C(\[B])C#C. The van der Waals surface area contributed by atoms with Crippen LogP contribution in [0.15, 0.2) is 22.0 Å². The van der Waals surface area contributed by atoms with Crippen LogP contribution in [0.5, 0.6) is 0 Å². The average Bonchev–Trinajstić information content (AvgIpc) is 2.32. The third-order valence-corrected chi connectivity index (χ3v) is 2.19. The maximum Gasteiger partial charge on any atom is 0.234 e. The molecule has 0 unspecified atom stereocenters. The molecule has 1 amide bonds. The zero-order valence-electron chi connectivity index (χ0n) is 9.44. The van der Waals surface area contributed by atoms with Crippen molar-refractivity contribution in [3.63, 3.8) is 0 Å². The summed E-state index contributed by atoms with van der Waals surface area (Å²) in [6, 6.07) is -0.882. The summed E-state index contributed by atoms with van der Waals surface area (Å²) in [6.07, 6.45) is 5.26. The van der Waals surface area contributed by atoms with E-state index >= 15 is 0 Å². The highest BCUT2D eigenvalue weighted by Gasteiger charge is 2.12. The van der Waals surface area contributed by atoms with Gasteiger partial charge in [-0.05, 0) is 6.42 Å². The molecule has 0 aliphatic carbocycles. The van der Waals surface area contributed by atoms with E-state index in [-0.39, 0.29) is 29.2 Å². The lowest BCUT2D eigenvalue weighted by Crippen LogP contribution is -2.36. The number of amides is 1. The van der Waals surface area contributed by atoms with Gasteiger partial charge in [0.1, 0.15) is 23.5 Å². The minimum absolute atomic E-state index is 0.00102. The lowest BCUT2D eigenvalue weighted by molar-refractivity contribution is -0.119. The molecule has 4 N–H and O–H groups in total. The van der Waals surface area contributed by atoms with Crippen molar-refractivity contribution in [3.05, 3.63) is 22.0 Å². The van der Waals surface area contributed by atoms with Crippen LogP contribution in [-0.2, 0) is 4.79 Å². The third kappa shape index (κ3) is 4.62. The van der Waals surface area contributed by atoms with Crippen LogP contribution in [0.3, 0.4) is 0 Å². The van der Waals surface area contributed by atoms with Gasteiger partial charge in [-0.15, -0.1) is 17.4 Å². The Labute approximate surface area is 107 Å². The van der Waals surface area contributed by atoms with Crippen molar-refractivity contribution in [3.8, 4) is 12.3 Å². The Bertz CT molecular complexity index is 409. The standard InChI is InChI=1S/C10H10B4N2O/c1-2-6(12)9(14)8(13)5(4-11)3-7(15)10(16)17/h1,7H,3-4,15H2,(H2,16,17)/b8-5+,9-6-/t7-/m0/s1. The molecule has 0 bridgehead atoms. The number of rotatable bonds is 5. The fraction of sp³-hybridized carbons (Fsp3) is 0.300. The summed E-state index contributed by atoms with van der Waals surface area (Å²) in [4.78, 5) is 10.8. The molecule has 0 spiro atoms. The zero-order chi connectivity index (χ0) is 13.6. The Morgan fingerprint density at radius 1 is 1.29 bits per heavy atom. The van der Waals surface area contributed by atoms with Crippen LogP contribution >= 0.6 is 0 Å². The molecule has 0 aromatic heterocycles. The van der Waals surface area contributed by atoms with Gasteiger partial charge in [0, 0.05) is 0 Å². The number of carbonyl (C=O) groups excluding carboxylic acids is 1. The van der Waals surface area contributed by atoms with E-state index in [9.17, 15) is 4.79 Å². The maximum atomic E-state index is 10.8. The molecule has 0 rings (SSSR count). The predicted octanol–water partition coefficient (Wildman–Crippen LogP) is -1.62. The highest BCUT2D eigenvalue weighted by molar-refractivity contribution is 6.42. The normalized spacial score (nSPS) is 15.3. The van der Waals surface area contributed by atoms with Crippen LogP contribution < -0.4 is 11.5 Å². The van der Waals surface area contributed by atoms with Gasteiger partial charge in [-0.25, -0.2) is 0 Å². The molecule has 0 aliphatic rings. The minimum Gasteiger partial charge on any atom is -0.368 e. The van der Waals surface area contributed by atoms with Crippen molar-refractivity contribution in [1.29, 1.82) is 0 Å². The Hall–Kier alpha value is -1.27. The second-order valence-electron chi connectivity index (χ2n) is 3.41. The highest BCUT2D eigenvalue weighted by Crippen LogP contribution is 2.18. The smallest absolute Gasteiger partial charge is 0.234 e. The lowest BCUT2D eigenvalue weighted by atomic mass is 9.67. The highest BCUT2D eigenvalue weighted by atomic mass is 16.1. The van der Waals surface area contributed by atoms with E-state index in [0.29, 0.717) is 5.57 Å². The van der Waals surface area contributed by atoms with Crippen molar-refractivity contribution >= 4 is 37.3 Å². The summed E-state index contributed by atoms with van der Waals surface area (Å²) in [6.45, 7) is 0. The first-order chi connectivity index (χ1) is 7.84. The molecule has 0 saturated carbocycles. The zero-order valence-corrected chi connectivity index (χ0v) is 9.44. The molecular weight excluding hydrogens is 207 g/mol. The number of carbonyl (C=O) groups is 1. The Kier molecular flexibility index (Phi) is 6.60. The van der Waals surface area contributed by atoms with E-state index in [2.05, 4.69) is 5.92 Å². The molecule has 3 nitrogen and oxygen atoms in total. The minimum atomic E-state index is -0.882. The summed E-state index contributed by atoms with van der Waals surface area (Å²) in [7, 11) is 22.3. The monoisotopic (exact) mass is 218 g/mol. The number of allylic oxidation sites excluding steroid dienone is 3. The molecule has 0 aromatic carbocycles. The first-order valence-electron chi connectivity index (χ1n) is 4.79. The van der Waals surface area contributed by atoms with E-state index in [4.69, 9.17) is 49.3 Å². The summed E-state index contributed by atoms with van der Waals surface area (Å²) >= 11 is 0. The fourth-order valence-corrected chi connectivity index (χ4v) is 1.08. The van der Waals surface area contributed by atoms with E-state index in [1.165, 1.54) is 0 Å². The molecule has 78 valence electrons. The van der Waals surface area contributed by atoms with Gasteiger partial charge in [0.15, 0.2) is 0 Å². The van der Waals surface area contributed by atoms with Crippen molar-refractivity contribution in [1.82, 2.24) is 0 Å². The van der Waals surface area contributed by atoms with E-state index in [0.717, 1.165) is 0 Å². The summed E-state index contributed by atoms with van der Waals surface area (Å²) in [5, 5.41) is 0. The number of nitrogens with two attached hydrogens (primary N) is 2. The Morgan fingerprint density at radius 3 is 2.18 bits per heavy atom. The summed E-state index contributed by atoms with van der Waals surface area (Å²) in [5.74, 6) is 1.50. The van der Waals surface area contributed by atoms with Crippen molar-refractivity contribution in [2.24, 2.45) is 11.5 Å². The van der Waals surface area contributed by atoms with Gasteiger partial charge in [-0.2, -0.15) is 0 Å². The number of terminal acetylenes is 1. The molecule has 0 saturated heterocycles. The van der Waals surface area contributed by atoms with E-state index < -0.39 is 11.9 Å². The predicted molar refractivity (Wildman–Crippen MR) is 72.5 cm³/mol. The van der Waals surface area contributed by atoms with E-state index in [1.54, 1.807) is 0 Å². The fourth-order valence-electron chi connectivity index (χ4n) is 1.08. The van der Waals surface area contributed by atoms with Crippen LogP contribution in [0.2, 0.25) is 6.32 Å². The van der Waals surface area contributed by atoms with Crippen LogP contribution in [0, 0.1) is 12.3 Å². The maximum absolute atomic E-state index is 10.8. The van der Waals surface area contributed by atoms with E-state index in [1.807, 2.05) is 0 Å². The second-order valence-corrected chi connectivity index (χ2v) is 3.41. The molecule has 1 atom stereocenters. The van der Waals surface area contributed by atoms with Gasteiger partial charge in [0.05, 0.1) is 13.9 Å². The first-order valence-corrected chi connectivity index (χ1v) is 4.79. The molecular formula is C10H10B4N2O. The van der Waals surface area contributed by atoms with Crippen LogP contribution in [-0.4, -0.2) is 43.3 Å². The molecule has 17 heavy (non-hydrogen) atoms. The molecule has 8 radical (unpaired) electrons. The summed E-state index contributed by atoms with van der Waals surface area (Å²) < 4.78 is 0. The number of primary amides is 1. The van der Waals surface area contributed by atoms with Crippen molar-refractivity contribution < 1.29 is 4.79 Å². The topological polar surface area (TPSA) is 69.1 Å². The van der Waals surface area contributed by atoms with Crippen molar-refractivity contribution in [2.75, 3.05) is 0 Å². The summed E-state index contributed by atoms with van der Waals surface area (Å²) in [5.41, 5.74) is 11.2. The van der Waals surface area contributed by atoms with Crippen LogP contribution in [0.25, 0.3) is 0 Å². The van der Waals surface area contributed by atoms with Gasteiger partial charge < -0.3 is 11.5 Å². The van der Waals surface area contributed by atoms with Gasteiger partial charge in [-0.3, -0.25) is 4.79 Å². The van der Waals surface area contributed by atoms with Gasteiger partial charge in [0.25, 0.3) is 0 Å². The van der Waals surface area contributed by atoms with Crippen LogP contribution in [0.1, 0.15) is 6.42 Å². The number of hydrogen-bond acceptors (Lipinski definition) is 2. The average molecular weight is 217 g/mol. The molecule has 0 fully saturated rings. The molecule has 0 aromatic rings. The third-order valence-electron chi connectivity index (χ3n) is 2.19. The molecule has 0 heterocycles. The second kappa shape index (κ2) is 7.13. The van der Waals surface area contributed by atoms with Crippen molar-refractivity contribution in [2.45, 2.75) is 18.8 Å².